The van der Waals surface area contributed by atoms with Crippen LogP contribution < -0.4 is 4.90 Å². The van der Waals surface area contributed by atoms with E-state index in [-0.39, 0.29) is 23.3 Å². The highest BCUT2D eigenvalue weighted by Crippen LogP contribution is 2.55. The first-order valence-electron chi connectivity index (χ1n) is 13.3. The highest BCUT2D eigenvalue weighted by atomic mass is 35.5. The number of aromatic nitrogens is 4. The molecule has 1 saturated carbocycles. The van der Waals surface area contributed by atoms with Crippen LogP contribution in [0.25, 0.3) is 33.3 Å². The van der Waals surface area contributed by atoms with Gasteiger partial charge in [0.1, 0.15) is 5.69 Å². The molecular formula is C30H29ClN6O2. The highest BCUT2D eigenvalue weighted by molar-refractivity contribution is 6.36. The molecule has 198 valence electrons. The van der Waals surface area contributed by atoms with E-state index in [0.717, 1.165) is 82.7 Å². The maximum absolute atomic E-state index is 12.0. The number of carbonyl (C=O) groups is 2. The summed E-state index contributed by atoms with van der Waals surface area (Å²) in [5.74, 6) is 0.159. The lowest BCUT2D eigenvalue weighted by Crippen LogP contribution is -2.63. The summed E-state index contributed by atoms with van der Waals surface area (Å²) < 4.78 is 2.16. The van der Waals surface area contributed by atoms with Crippen LogP contribution in [0.15, 0.2) is 49.2 Å². The van der Waals surface area contributed by atoms with Crippen molar-refractivity contribution in [1.82, 2.24) is 24.9 Å². The Bertz CT molecular complexity index is 1670. The molecule has 9 heteroatoms. The number of rotatable bonds is 5. The minimum absolute atomic E-state index is 0.00510. The van der Waals surface area contributed by atoms with Gasteiger partial charge < -0.3 is 9.80 Å². The molecule has 39 heavy (non-hydrogen) atoms. The molecule has 2 aromatic carbocycles. The van der Waals surface area contributed by atoms with Gasteiger partial charge in [0.05, 0.1) is 22.8 Å². The number of anilines is 1. The van der Waals surface area contributed by atoms with Gasteiger partial charge in [-0.3, -0.25) is 19.4 Å². The van der Waals surface area contributed by atoms with Gasteiger partial charge in [-0.2, -0.15) is 10.2 Å². The number of aromatic amines is 1. The lowest BCUT2D eigenvalue weighted by atomic mass is 9.60. The molecular weight excluding hydrogens is 512 g/mol. The Hall–Kier alpha value is -3.91. The van der Waals surface area contributed by atoms with Crippen molar-refractivity contribution in [2.75, 3.05) is 24.5 Å². The van der Waals surface area contributed by atoms with Crippen molar-refractivity contribution in [3.8, 4) is 22.4 Å². The van der Waals surface area contributed by atoms with E-state index in [1.54, 1.807) is 4.90 Å². The van der Waals surface area contributed by atoms with Crippen molar-refractivity contribution >= 4 is 40.0 Å². The normalized spacial score (nSPS) is 18.3. The number of nitrogens with one attached hydrogen (secondary N) is 1. The van der Waals surface area contributed by atoms with Crippen molar-refractivity contribution < 1.29 is 9.59 Å². The molecule has 2 saturated heterocycles. The van der Waals surface area contributed by atoms with Gasteiger partial charge in [-0.05, 0) is 56.5 Å². The van der Waals surface area contributed by atoms with Gasteiger partial charge >= 0.3 is 0 Å². The molecule has 8 nitrogen and oxygen atoms in total. The zero-order chi connectivity index (χ0) is 27.1. The number of nitrogens with zero attached hydrogens (tertiary/aromatic N) is 5. The zero-order valence-corrected chi connectivity index (χ0v) is 22.8. The number of halogens is 1. The van der Waals surface area contributed by atoms with E-state index in [9.17, 15) is 9.59 Å². The van der Waals surface area contributed by atoms with Gasteiger partial charge in [0, 0.05) is 64.9 Å². The summed E-state index contributed by atoms with van der Waals surface area (Å²) in [6.07, 6.45) is 5.78. The van der Waals surface area contributed by atoms with Crippen molar-refractivity contribution in [2.45, 2.75) is 39.2 Å². The number of H-pyrrole nitrogens is 1. The number of hydrogen-bond donors (Lipinski definition) is 1. The predicted molar refractivity (Wildman–Crippen MR) is 152 cm³/mol. The van der Waals surface area contributed by atoms with Crippen LogP contribution in [0, 0.1) is 19.3 Å². The molecule has 0 unspecified atom stereocenters. The molecule has 2 amide bonds. The van der Waals surface area contributed by atoms with Crippen LogP contribution >= 0.6 is 11.6 Å². The van der Waals surface area contributed by atoms with Crippen molar-refractivity contribution in [3.63, 3.8) is 0 Å². The number of amides is 2. The van der Waals surface area contributed by atoms with E-state index in [2.05, 4.69) is 28.4 Å². The van der Waals surface area contributed by atoms with Crippen LogP contribution in [0.3, 0.4) is 0 Å². The number of carbonyl (C=O) groups excluding carboxylic acids is 2. The average Bonchev–Trinajstić information content (AvgIpc) is 3.47. The second-order valence-corrected chi connectivity index (χ2v) is 11.6. The molecule has 1 spiro atoms. The fraction of sp³-hybridized carbons (Fsp3) is 0.333. The van der Waals surface area contributed by atoms with Gasteiger partial charge in [0.25, 0.3) is 0 Å². The quantitative estimate of drug-likeness (QED) is 0.269. The average molecular weight is 541 g/mol. The van der Waals surface area contributed by atoms with E-state index < -0.39 is 0 Å². The van der Waals surface area contributed by atoms with Crippen LogP contribution in [-0.2, 0) is 9.59 Å². The number of likely N-dealkylation sites (tertiary alicyclic amines) is 1. The van der Waals surface area contributed by atoms with Crippen LogP contribution in [-0.4, -0.2) is 56.3 Å². The summed E-state index contributed by atoms with van der Waals surface area (Å²) in [7, 11) is 0. The summed E-state index contributed by atoms with van der Waals surface area (Å²) in [6.45, 7) is 10.1. The summed E-state index contributed by atoms with van der Waals surface area (Å²) in [6, 6.07) is 10.3. The maximum atomic E-state index is 12.0. The first-order chi connectivity index (χ1) is 18.8. The lowest BCUT2D eigenvalue weighted by Gasteiger charge is -2.58. The van der Waals surface area contributed by atoms with E-state index in [1.165, 1.54) is 6.08 Å². The fourth-order valence-corrected chi connectivity index (χ4v) is 6.88. The molecule has 1 N–H and O–H groups in total. The second kappa shape index (κ2) is 8.55. The largest absolute Gasteiger partial charge is 0.338 e. The molecule has 4 aromatic rings. The van der Waals surface area contributed by atoms with Crippen molar-refractivity contribution in [2.24, 2.45) is 5.41 Å². The van der Waals surface area contributed by atoms with E-state index >= 15 is 0 Å². The van der Waals surface area contributed by atoms with Crippen molar-refractivity contribution in [3.05, 3.63) is 65.5 Å². The van der Waals surface area contributed by atoms with Crippen molar-refractivity contribution in [1.29, 1.82) is 0 Å². The maximum Gasteiger partial charge on any atom is 0.245 e. The van der Waals surface area contributed by atoms with Crippen LogP contribution in [0.1, 0.15) is 36.6 Å². The number of benzene rings is 2. The fourth-order valence-electron chi connectivity index (χ4n) is 6.63. The topological polar surface area (TPSA) is 87.1 Å². The van der Waals surface area contributed by atoms with Gasteiger partial charge in [-0.1, -0.05) is 30.3 Å². The monoisotopic (exact) mass is 540 g/mol. The molecule has 0 bridgehead atoms. The molecule has 3 aliphatic rings. The summed E-state index contributed by atoms with van der Waals surface area (Å²) in [5, 5.41) is 14.3. The van der Waals surface area contributed by atoms with Crippen LogP contribution in [0.4, 0.5) is 5.69 Å². The third kappa shape index (κ3) is 3.58. The van der Waals surface area contributed by atoms with Crippen LogP contribution in [0.2, 0.25) is 5.02 Å². The molecule has 0 radical (unpaired) electrons. The lowest BCUT2D eigenvalue weighted by molar-refractivity contribution is -0.149. The first-order valence-corrected chi connectivity index (χ1v) is 13.7. The van der Waals surface area contributed by atoms with E-state index in [4.69, 9.17) is 16.7 Å². The minimum Gasteiger partial charge on any atom is -0.338 e. The number of hydrogen-bond acceptors (Lipinski definition) is 4. The Labute approximate surface area is 231 Å². The smallest absolute Gasteiger partial charge is 0.245 e. The minimum atomic E-state index is 0.00510. The van der Waals surface area contributed by atoms with Gasteiger partial charge in [-0.25, -0.2) is 0 Å². The first kappa shape index (κ1) is 24.2. The number of aryl methyl sites for hydroxylation is 1. The number of fused-ring (bicyclic) bond motifs is 1. The Kier molecular flexibility index (Phi) is 5.29. The van der Waals surface area contributed by atoms with E-state index in [0.29, 0.717) is 11.4 Å². The Morgan fingerprint density at radius 2 is 1.92 bits per heavy atom. The van der Waals surface area contributed by atoms with E-state index in [1.807, 2.05) is 48.4 Å². The predicted octanol–water partition coefficient (Wildman–Crippen LogP) is 5.45. The third-order valence-corrected chi connectivity index (χ3v) is 9.28. The molecule has 3 fully saturated rings. The molecule has 2 aliphatic heterocycles. The Morgan fingerprint density at radius 3 is 2.56 bits per heavy atom. The molecule has 0 atom stereocenters. The summed E-state index contributed by atoms with van der Waals surface area (Å²) in [4.78, 5) is 27.6. The third-order valence-electron chi connectivity index (χ3n) is 8.79. The molecule has 7 rings (SSSR count). The number of β-lactam (4-membered cyclic amide) rings is 1. The van der Waals surface area contributed by atoms with Gasteiger partial charge in [0.15, 0.2) is 0 Å². The van der Waals surface area contributed by atoms with Gasteiger partial charge in [-0.15, -0.1) is 0 Å². The van der Waals surface area contributed by atoms with Gasteiger partial charge in [0.2, 0.25) is 11.8 Å². The Morgan fingerprint density at radius 1 is 1.18 bits per heavy atom. The molecule has 4 heterocycles. The summed E-state index contributed by atoms with van der Waals surface area (Å²) in [5.41, 5.74) is 7.80. The standard InChI is InChI=1S/C30H29ClN6O2/c1-4-24(38)35-15-30(16-35)12-21(13-30)37-18(3)26(27-22-14-32-33-23(22)11-17(2)28(27)31)29(34-37)19-5-7-20(8-6-19)36-10-9-25(36)39/h4-8,11,14,21H,1,9-10,12-13,15-16H2,2-3H3,(H,32,33). The van der Waals surface area contributed by atoms with Crippen LogP contribution in [0.5, 0.6) is 0 Å². The Balaban J connectivity index is 1.31. The summed E-state index contributed by atoms with van der Waals surface area (Å²) >= 11 is 7.01. The second-order valence-electron chi connectivity index (χ2n) is 11.3. The SMILES string of the molecule is C=CC(=O)N1CC2(CC(n3nc(-c4ccc(N5CCC5=O)cc4)c(-c4c(Cl)c(C)cc5[nH]ncc45)c3C)C2)C1. The molecule has 2 aromatic heterocycles. The highest BCUT2D eigenvalue weighted by Gasteiger charge is 2.54. The zero-order valence-electron chi connectivity index (χ0n) is 22.0. The molecule has 1 aliphatic carbocycles.